The highest BCUT2D eigenvalue weighted by Gasteiger charge is 2.16. The molecule has 0 heterocycles. The molecule has 0 spiro atoms. The van der Waals surface area contributed by atoms with Crippen LogP contribution in [0.1, 0.15) is 51.0 Å². The number of hydrogen-bond donors (Lipinski definition) is 2. The summed E-state index contributed by atoms with van der Waals surface area (Å²) in [6.07, 6.45) is 7.03. The van der Waals surface area contributed by atoms with Crippen molar-refractivity contribution in [3.8, 4) is 5.75 Å². The lowest BCUT2D eigenvalue weighted by Crippen LogP contribution is -2.37. The van der Waals surface area contributed by atoms with Crippen LogP contribution in [0.15, 0.2) is 24.3 Å². The van der Waals surface area contributed by atoms with Crippen molar-refractivity contribution in [2.24, 2.45) is 0 Å². The lowest BCUT2D eigenvalue weighted by atomic mass is 10.1. The average Bonchev–Trinajstić information content (AvgIpc) is 3.04. The summed E-state index contributed by atoms with van der Waals surface area (Å²) in [6.45, 7) is 1.94. The Bertz CT molecular complexity index is 465. The smallest absolute Gasteiger partial charge is 0.220 e. The Balaban J connectivity index is 1.81. The van der Waals surface area contributed by atoms with E-state index in [9.17, 15) is 4.79 Å². The van der Waals surface area contributed by atoms with Crippen molar-refractivity contribution in [2.45, 2.75) is 64.0 Å². The third-order valence-corrected chi connectivity index (χ3v) is 4.22. The van der Waals surface area contributed by atoms with Crippen LogP contribution < -0.4 is 10.1 Å². The van der Waals surface area contributed by atoms with Crippen molar-refractivity contribution in [1.29, 1.82) is 0 Å². The molecule has 2 N–H and O–H groups in total. The average molecular weight is 305 g/mol. The van der Waals surface area contributed by atoms with Crippen LogP contribution in [0.3, 0.4) is 0 Å². The molecule has 4 nitrogen and oxygen atoms in total. The molecule has 1 atom stereocenters. The number of nitrogens with one attached hydrogen (secondary N) is 1. The molecule has 0 aliphatic heterocycles. The Hall–Kier alpha value is -1.55. The van der Waals surface area contributed by atoms with E-state index in [-0.39, 0.29) is 18.6 Å². The number of carbonyl (C=O) groups excluding carboxylic acids is 1. The van der Waals surface area contributed by atoms with E-state index < -0.39 is 0 Å². The standard InChI is InChI=1S/C18H27NO3/c1-2-15(13-20)19-18(21)11-10-14-6-5-9-17(12-14)22-16-7-3-4-8-16/h5-6,9,12,15-16,20H,2-4,7-8,10-11,13H2,1H3,(H,19,21). The highest BCUT2D eigenvalue weighted by molar-refractivity contribution is 5.76. The molecule has 1 aliphatic rings. The highest BCUT2D eigenvalue weighted by atomic mass is 16.5. The molecule has 0 saturated heterocycles. The van der Waals surface area contributed by atoms with Crippen molar-refractivity contribution in [2.75, 3.05) is 6.61 Å². The zero-order valence-corrected chi connectivity index (χ0v) is 13.4. The summed E-state index contributed by atoms with van der Waals surface area (Å²) in [5.74, 6) is 0.898. The fourth-order valence-corrected chi connectivity index (χ4v) is 2.81. The molecule has 122 valence electrons. The fraction of sp³-hybridized carbons (Fsp3) is 0.611. The summed E-state index contributed by atoms with van der Waals surface area (Å²) in [5.41, 5.74) is 1.11. The molecule has 1 saturated carbocycles. The van der Waals surface area contributed by atoms with E-state index in [1.165, 1.54) is 12.8 Å². The number of benzene rings is 1. The minimum atomic E-state index is -0.135. The second-order valence-corrected chi connectivity index (χ2v) is 6.03. The molecule has 1 unspecified atom stereocenters. The van der Waals surface area contributed by atoms with E-state index in [0.717, 1.165) is 30.6 Å². The molecular weight excluding hydrogens is 278 g/mol. The zero-order chi connectivity index (χ0) is 15.8. The third kappa shape index (κ3) is 5.34. The summed E-state index contributed by atoms with van der Waals surface area (Å²) >= 11 is 0. The maximum absolute atomic E-state index is 11.9. The van der Waals surface area contributed by atoms with Crippen LogP contribution in [0.25, 0.3) is 0 Å². The van der Waals surface area contributed by atoms with Crippen molar-refractivity contribution in [1.82, 2.24) is 5.32 Å². The predicted molar refractivity (Wildman–Crippen MR) is 87.0 cm³/mol. The molecule has 1 aliphatic carbocycles. The lowest BCUT2D eigenvalue weighted by Gasteiger charge is -2.15. The quantitative estimate of drug-likeness (QED) is 0.776. The van der Waals surface area contributed by atoms with E-state index in [2.05, 4.69) is 5.32 Å². The summed E-state index contributed by atoms with van der Waals surface area (Å²) < 4.78 is 5.99. The first-order valence-electron chi connectivity index (χ1n) is 8.37. The monoisotopic (exact) mass is 305 g/mol. The number of carbonyl (C=O) groups is 1. The first-order valence-corrected chi connectivity index (χ1v) is 8.37. The number of hydrogen-bond acceptors (Lipinski definition) is 3. The first-order chi connectivity index (χ1) is 10.7. The van der Waals surface area contributed by atoms with Crippen molar-refractivity contribution >= 4 is 5.91 Å². The minimum Gasteiger partial charge on any atom is -0.490 e. The zero-order valence-electron chi connectivity index (χ0n) is 13.4. The molecule has 1 aromatic rings. The highest BCUT2D eigenvalue weighted by Crippen LogP contribution is 2.24. The van der Waals surface area contributed by atoms with Gasteiger partial charge in [0.05, 0.1) is 18.8 Å². The van der Waals surface area contributed by atoms with Gasteiger partial charge < -0.3 is 15.2 Å². The van der Waals surface area contributed by atoms with Gasteiger partial charge in [-0.3, -0.25) is 4.79 Å². The van der Waals surface area contributed by atoms with Crippen LogP contribution in [0.4, 0.5) is 0 Å². The lowest BCUT2D eigenvalue weighted by molar-refractivity contribution is -0.122. The van der Waals surface area contributed by atoms with Gasteiger partial charge in [-0.2, -0.15) is 0 Å². The van der Waals surface area contributed by atoms with Crippen molar-refractivity contribution in [3.63, 3.8) is 0 Å². The van der Waals surface area contributed by atoms with Crippen LogP contribution in [0.5, 0.6) is 5.75 Å². The number of aliphatic hydroxyl groups is 1. The maximum atomic E-state index is 11.9. The van der Waals surface area contributed by atoms with Gasteiger partial charge in [0.15, 0.2) is 0 Å². The summed E-state index contributed by atoms with van der Waals surface area (Å²) in [5, 5.41) is 11.9. The third-order valence-electron chi connectivity index (χ3n) is 4.22. The molecule has 4 heteroatoms. The SMILES string of the molecule is CCC(CO)NC(=O)CCc1cccc(OC2CCCC2)c1. The van der Waals surface area contributed by atoms with Crippen LogP contribution >= 0.6 is 0 Å². The van der Waals surface area contributed by atoms with Gasteiger partial charge in [0.2, 0.25) is 5.91 Å². The van der Waals surface area contributed by atoms with Gasteiger partial charge in [-0.15, -0.1) is 0 Å². The molecule has 0 bridgehead atoms. The first kappa shape index (κ1) is 16.8. The van der Waals surface area contributed by atoms with E-state index in [0.29, 0.717) is 18.9 Å². The Morgan fingerprint density at radius 2 is 2.18 bits per heavy atom. The number of rotatable bonds is 8. The summed E-state index contributed by atoms with van der Waals surface area (Å²) in [4.78, 5) is 11.9. The predicted octanol–water partition coefficient (Wildman–Crippen LogP) is 2.83. The largest absolute Gasteiger partial charge is 0.490 e. The van der Waals surface area contributed by atoms with Gasteiger partial charge in [0.1, 0.15) is 5.75 Å². The summed E-state index contributed by atoms with van der Waals surface area (Å²) in [6, 6.07) is 7.90. The van der Waals surface area contributed by atoms with Crippen molar-refractivity contribution in [3.05, 3.63) is 29.8 Å². The molecule has 2 rings (SSSR count). The molecule has 1 fully saturated rings. The summed E-state index contributed by atoms with van der Waals surface area (Å²) in [7, 11) is 0. The van der Waals surface area contributed by atoms with Gasteiger partial charge in [-0.05, 0) is 56.2 Å². The van der Waals surface area contributed by atoms with E-state index in [1.54, 1.807) is 0 Å². The molecule has 1 amide bonds. The number of amides is 1. The number of aryl methyl sites for hydroxylation is 1. The van der Waals surface area contributed by atoms with Crippen molar-refractivity contribution < 1.29 is 14.6 Å². The number of ether oxygens (including phenoxy) is 1. The maximum Gasteiger partial charge on any atom is 0.220 e. The Morgan fingerprint density at radius 3 is 2.86 bits per heavy atom. The molecular formula is C18H27NO3. The van der Waals surface area contributed by atoms with Gasteiger partial charge in [-0.1, -0.05) is 19.1 Å². The van der Waals surface area contributed by atoms with Crippen LogP contribution in [-0.2, 0) is 11.2 Å². The van der Waals surface area contributed by atoms with E-state index in [1.807, 2.05) is 31.2 Å². The van der Waals surface area contributed by atoms with Gasteiger partial charge in [0.25, 0.3) is 0 Å². The topological polar surface area (TPSA) is 58.6 Å². The minimum absolute atomic E-state index is 0.00699. The molecule has 22 heavy (non-hydrogen) atoms. The second-order valence-electron chi connectivity index (χ2n) is 6.03. The second kappa shape index (κ2) is 8.79. The molecule has 0 aromatic heterocycles. The van der Waals surface area contributed by atoms with E-state index in [4.69, 9.17) is 9.84 Å². The normalized spacial score (nSPS) is 16.5. The van der Waals surface area contributed by atoms with Gasteiger partial charge >= 0.3 is 0 Å². The Kier molecular flexibility index (Phi) is 6.72. The van der Waals surface area contributed by atoms with Crippen LogP contribution in [0.2, 0.25) is 0 Å². The molecule has 1 aromatic carbocycles. The molecule has 0 radical (unpaired) electrons. The number of aliphatic hydroxyl groups excluding tert-OH is 1. The van der Waals surface area contributed by atoms with Gasteiger partial charge in [-0.25, -0.2) is 0 Å². The van der Waals surface area contributed by atoms with Gasteiger partial charge in [0, 0.05) is 6.42 Å². The fourth-order valence-electron chi connectivity index (χ4n) is 2.81. The Labute approximate surface area is 132 Å². The van der Waals surface area contributed by atoms with Crippen LogP contribution in [0, 0.1) is 0 Å². The Morgan fingerprint density at radius 1 is 1.41 bits per heavy atom. The van der Waals surface area contributed by atoms with Crippen LogP contribution in [-0.4, -0.2) is 29.8 Å². The van der Waals surface area contributed by atoms with E-state index >= 15 is 0 Å².